The van der Waals surface area contributed by atoms with E-state index in [1.807, 2.05) is 12.1 Å². The molecule has 2 nitrogen and oxygen atoms in total. The van der Waals surface area contributed by atoms with E-state index in [-0.39, 0.29) is 0 Å². The van der Waals surface area contributed by atoms with Gasteiger partial charge in [-0.3, -0.25) is 4.57 Å². The lowest BCUT2D eigenvalue weighted by Crippen LogP contribution is -2.26. The summed E-state index contributed by atoms with van der Waals surface area (Å²) in [6.45, 7) is 5.44. The van der Waals surface area contributed by atoms with Crippen molar-refractivity contribution in [1.82, 2.24) is 4.57 Å². The minimum Gasteiger partial charge on any atom is -0.371 e. The maximum Gasteiger partial charge on any atom is 0.114 e. The molecule has 1 unspecified atom stereocenters. The predicted molar refractivity (Wildman–Crippen MR) is 132 cm³/mol. The summed E-state index contributed by atoms with van der Waals surface area (Å²) < 4.78 is 2.42. The van der Waals surface area contributed by atoms with Crippen LogP contribution in [0.2, 0.25) is 5.02 Å². The molecule has 0 saturated carbocycles. The summed E-state index contributed by atoms with van der Waals surface area (Å²) in [6, 6.07) is 27.7. The molecular formula is C28H27ClN2. The molecule has 0 spiro atoms. The number of fused-ring (bicyclic) bond motifs is 1. The lowest BCUT2D eigenvalue weighted by atomic mass is 9.89. The second kappa shape index (κ2) is 8.28. The maximum absolute atomic E-state index is 6.20. The molecule has 1 N–H and O–H groups in total. The zero-order valence-electron chi connectivity index (χ0n) is 18.0. The van der Waals surface area contributed by atoms with Crippen molar-refractivity contribution in [1.29, 1.82) is 0 Å². The summed E-state index contributed by atoms with van der Waals surface area (Å²) in [5, 5.41) is 4.57. The predicted octanol–water partition coefficient (Wildman–Crippen LogP) is 7.24. The van der Waals surface area contributed by atoms with Crippen molar-refractivity contribution in [2.45, 2.75) is 26.7 Å². The van der Waals surface area contributed by atoms with Crippen LogP contribution in [0.5, 0.6) is 0 Å². The minimum atomic E-state index is 0.583. The van der Waals surface area contributed by atoms with Crippen LogP contribution in [-0.4, -0.2) is 11.1 Å². The Labute approximate surface area is 189 Å². The Morgan fingerprint density at radius 1 is 0.903 bits per heavy atom. The molecule has 0 bridgehead atoms. The molecule has 31 heavy (non-hydrogen) atoms. The smallest absolute Gasteiger partial charge is 0.114 e. The third kappa shape index (κ3) is 3.77. The standard InChI is InChI=1S/C28H27ClN2/c1-19-8-6-7-11-26(19)31-27(23-12-14-24(29)15-13-23)20(2)25-17-22(18-30-28(25)31)16-21-9-4-3-5-10-21/h3-15,22,30H,16-18H2,1-2H3. The Bertz CT molecular complexity index is 1210. The number of benzene rings is 3. The van der Waals surface area contributed by atoms with Gasteiger partial charge in [0.05, 0.1) is 11.4 Å². The number of anilines is 1. The average molecular weight is 427 g/mol. The molecule has 3 aromatic carbocycles. The van der Waals surface area contributed by atoms with Crippen molar-refractivity contribution >= 4 is 17.4 Å². The fraction of sp³-hybridized carbons (Fsp3) is 0.214. The minimum absolute atomic E-state index is 0.583. The van der Waals surface area contributed by atoms with Crippen LogP contribution in [-0.2, 0) is 12.8 Å². The van der Waals surface area contributed by atoms with Crippen LogP contribution in [0.1, 0.15) is 22.3 Å². The number of para-hydroxylation sites is 1. The number of nitrogens with one attached hydrogen (secondary N) is 1. The van der Waals surface area contributed by atoms with Crippen molar-refractivity contribution in [3.8, 4) is 16.9 Å². The van der Waals surface area contributed by atoms with Crippen molar-refractivity contribution in [2.24, 2.45) is 5.92 Å². The molecular weight excluding hydrogens is 400 g/mol. The zero-order valence-corrected chi connectivity index (χ0v) is 18.8. The number of hydrogen-bond donors (Lipinski definition) is 1. The van der Waals surface area contributed by atoms with Gasteiger partial charge in [-0.1, -0.05) is 72.3 Å². The van der Waals surface area contributed by atoms with Gasteiger partial charge in [0.25, 0.3) is 0 Å². The van der Waals surface area contributed by atoms with Crippen LogP contribution in [0.3, 0.4) is 0 Å². The molecule has 0 amide bonds. The topological polar surface area (TPSA) is 17.0 Å². The van der Waals surface area contributed by atoms with Crippen molar-refractivity contribution in [3.05, 3.63) is 106 Å². The van der Waals surface area contributed by atoms with Gasteiger partial charge in [0.1, 0.15) is 5.82 Å². The number of aromatic nitrogens is 1. The van der Waals surface area contributed by atoms with Crippen molar-refractivity contribution in [3.63, 3.8) is 0 Å². The second-order valence-electron chi connectivity index (χ2n) is 8.57. The fourth-order valence-electron chi connectivity index (χ4n) is 4.87. The van der Waals surface area contributed by atoms with Gasteiger partial charge in [-0.15, -0.1) is 0 Å². The number of rotatable bonds is 4. The monoisotopic (exact) mass is 426 g/mol. The van der Waals surface area contributed by atoms with E-state index in [2.05, 4.69) is 90.5 Å². The van der Waals surface area contributed by atoms with Gasteiger partial charge >= 0.3 is 0 Å². The third-order valence-electron chi connectivity index (χ3n) is 6.43. The summed E-state index contributed by atoms with van der Waals surface area (Å²) in [4.78, 5) is 0. The number of hydrogen-bond acceptors (Lipinski definition) is 1. The maximum atomic E-state index is 6.20. The van der Waals surface area contributed by atoms with E-state index in [0.29, 0.717) is 5.92 Å². The number of aryl methyl sites for hydroxylation is 1. The first-order valence-corrected chi connectivity index (χ1v) is 11.3. The van der Waals surface area contributed by atoms with Crippen LogP contribution in [0.15, 0.2) is 78.9 Å². The fourth-order valence-corrected chi connectivity index (χ4v) is 5.00. The Morgan fingerprint density at radius 2 is 1.61 bits per heavy atom. The normalized spacial score (nSPS) is 15.4. The summed E-state index contributed by atoms with van der Waals surface area (Å²) in [5.74, 6) is 1.82. The van der Waals surface area contributed by atoms with Gasteiger partial charge in [-0.05, 0) is 78.6 Å². The molecule has 1 atom stereocenters. The van der Waals surface area contributed by atoms with Crippen molar-refractivity contribution < 1.29 is 0 Å². The van der Waals surface area contributed by atoms with Gasteiger partial charge in [0, 0.05) is 11.6 Å². The molecule has 0 saturated heterocycles. The van der Waals surface area contributed by atoms with Crippen LogP contribution in [0, 0.1) is 19.8 Å². The first-order valence-electron chi connectivity index (χ1n) is 11.0. The third-order valence-corrected chi connectivity index (χ3v) is 6.69. The van der Waals surface area contributed by atoms with Crippen molar-refractivity contribution in [2.75, 3.05) is 11.9 Å². The molecule has 1 aliphatic heterocycles. The van der Waals surface area contributed by atoms with E-state index in [1.165, 1.54) is 45.0 Å². The van der Waals surface area contributed by atoms with Crippen LogP contribution < -0.4 is 5.32 Å². The van der Waals surface area contributed by atoms with E-state index in [1.54, 1.807) is 0 Å². The second-order valence-corrected chi connectivity index (χ2v) is 9.01. The number of halogens is 1. The highest BCUT2D eigenvalue weighted by molar-refractivity contribution is 6.30. The van der Waals surface area contributed by atoms with Gasteiger partial charge in [0.2, 0.25) is 0 Å². The molecule has 0 radical (unpaired) electrons. The molecule has 0 aliphatic carbocycles. The Hall–Kier alpha value is -2.97. The van der Waals surface area contributed by atoms with Gasteiger partial charge in [-0.25, -0.2) is 0 Å². The summed E-state index contributed by atoms with van der Waals surface area (Å²) in [6.07, 6.45) is 2.18. The van der Waals surface area contributed by atoms with Crippen LogP contribution in [0.25, 0.3) is 16.9 Å². The van der Waals surface area contributed by atoms with Gasteiger partial charge < -0.3 is 5.32 Å². The molecule has 1 aliphatic rings. The molecule has 156 valence electrons. The van der Waals surface area contributed by atoms with E-state index in [9.17, 15) is 0 Å². The summed E-state index contributed by atoms with van der Waals surface area (Å²) >= 11 is 6.20. The van der Waals surface area contributed by atoms with E-state index in [0.717, 1.165) is 24.4 Å². The zero-order chi connectivity index (χ0) is 21.4. The van der Waals surface area contributed by atoms with E-state index >= 15 is 0 Å². The highest BCUT2D eigenvalue weighted by Gasteiger charge is 2.28. The van der Waals surface area contributed by atoms with E-state index in [4.69, 9.17) is 11.6 Å². The first-order chi connectivity index (χ1) is 15.1. The molecule has 0 fully saturated rings. The Balaban J connectivity index is 1.62. The van der Waals surface area contributed by atoms with Gasteiger partial charge in [-0.2, -0.15) is 0 Å². The van der Waals surface area contributed by atoms with Crippen LogP contribution in [0.4, 0.5) is 5.82 Å². The van der Waals surface area contributed by atoms with E-state index < -0.39 is 0 Å². The average Bonchev–Trinajstić information content (AvgIpc) is 3.07. The molecule has 3 heteroatoms. The first kappa shape index (κ1) is 20.0. The van der Waals surface area contributed by atoms with Gasteiger partial charge in [0.15, 0.2) is 0 Å². The van der Waals surface area contributed by atoms with Crippen LogP contribution >= 0.6 is 11.6 Å². The largest absolute Gasteiger partial charge is 0.371 e. The molecule has 2 heterocycles. The quantitative estimate of drug-likeness (QED) is 0.364. The molecule has 1 aromatic heterocycles. The Morgan fingerprint density at radius 3 is 2.35 bits per heavy atom. The lowest BCUT2D eigenvalue weighted by Gasteiger charge is -2.26. The number of nitrogens with zero attached hydrogens (tertiary/aromatic N) is 1. The summed E-state index contributed by atoms with van der Waals surface area (Å²) in [7, 11) is 0. The Kier molecular flexibility index (Phi) is 5.33. The highest BCUT2D eigenvalue weighted by atomic mass is 35.5. The molecule has 4 aromatic rings. The lowest BCUT2D eigenvalue weighted by molar-refractivity contribution is 0.532. The SMILES string of the molecule is Cc1ccccc1-n1c2c(c(C)c1-c1ccc(Cl)cc1)CC(Cc1ccccc1)CN2. The summed E-state index contributed by atoms with van der Waals surface area (Å²) in [5.41, 5.74) is 9.14. The highest BCUT2D eigenvalue weighted by Crippen LogP contribution is 2.41. The molecule has 5 rings (SSSR count).